The minimum Gasteiger partial charge on any atom is -0.488 e. The molecule has 0 unspecified atom stereocenters. The van der Waals surface area contributed by atoms with Gasteiger partial charge < -0.3 is 14.5 Å². The number of methoxy groups -OCH3 is 1. The van der Waals surface area contributed by atoms with Gasteiger partial charge in [-0.15, -0.1) is 0 Å². The molecular weight excluding hydrogens is 298 g/mol. The molecule has 3 rings (SSSR count). The van der Waals surface area contributed by atoms with Crippen LogP contribution in [-0.2, 0) is 4.74 Å². The van der Waals surface area contributed by atoms with Crippen molar-refractivity contribution in [2.75, 3.05) is 13.7 Å². The van der Waals surface area contributed by atoms with Gasteiger partial charge >= 0.3 is 0 Å². The third-order valence-electron chi connectivity index (χ3n) is 3.54. The molecule has 0 fully saturated rings. The van der Waals surface area contributed by atoms with Crippen LogP contribution < -0.4 is 4.74 Å². The van der Waals surface area contributed by atoms with E-state index in [1.54, 1.807) is 7.11 Å². The number of hydrogen-bond acceptors (Lipinski definition) is 2. The largest absolute Gasteiger partial charge is 0.488 e. The molecule has 0 aliphatic heterocycles. The Morgan fingerprint density at radius 1 is 1.14 bits per heavy atom. The van der Waals surface area contributed by atoms with Gasteiger partial charge in [0.1, 0.15) is 11.9 Å². The maximum absolute atomic E-state index is 6.39. The molecule has 4 heteroatoms. The third kappa shape index (κ3) is 3.11. The second-order valence-corrected chi connectivity index (χ2v) is 5.71. The smallest absolute Gasteiger partial charge is 0.119 e. The van der Waals surface area contributed by atoms with Crippen LogP contribution in [0.4, 0.5) is 0 Å². The first-order chi connectivity index (χ1) is 10.7. The summed E-state index contributed by atoms with van der Waals surface area (Å²) < 4.78 is 10.8. The molecule has 0 aliphatic rings. The van der Waals surface area contributed by atoms with Crippen molar-refractivity contribution in [1.29, 1.82) is 0 Å². The van der Waals surface area contributed by atoms with E-state index in [1.807, 2.05) is 49.5 Å². The molecule has 0 amide bonds. The van der Waals surface area contributed by atoms with E-state index in [-0.39, 0.29) is 6.10 Å². The van der Waals surface area contributed by atoms with Gasteiger partial charge in [0.2, 0.25) is 0 Å². The van der Waals surface area contributed by atoms with Crippen LogP contribution in [0.5, 0.6) is 5.75 Å². The predicted octanol–water partition coefficient (Wildman–Crippen LogP) is 4.90. The second-order valence-electron chi connectivity index (χ2n) is 5.31. The maximum Gasteiger partial charge on any atom is 0.119 e. The van der Waals surface area contributed by atoms with Crippen LogP contribution in [-0.4, -0.2) is 24.8 Å². The van der Waals surface area contributed by atoms with E-state index in [0.29, 0.717) is 6.61 Å². The molecule has 1 heterocycles. The van der Waals surface area contributed by atoms with Gasteiger partial charge in [0, 0.05) is 29.8 Å². The number of halogens is 1. The molecule has 0 saturated carbocycles. The van der Waals surface area contributed by atoms with Gasteiger partial charge in [-0.05, 0) is 42.8 Å². The van der Waals surface area contributed by atoms with Crippen molar-refractivity contribution in [3.63, 3.8) is 0 Å². The average Bonchev–Trinajstić information content (AvgIpc) is 2.94. The van der Waals surface area contributed by atoms with Gasteiger partial charge in [-0.25, -0.2) is 0 Å². The number of H-pyrrole nitrogens is 1. The minimum atomic E-state index is 0.0237. The van der Waals surface area contributed by atoms with Crippen LogP contribution in [0.2, 0.25) is 5.02 Å². The molecule has 3 aromatic rings. The zero-order valence-corrected chi connectivity index (χ0v) is 13.4. The highest BCUT2D eigenvalue weighted by molar-refractivity contribution is 6.34. The van der Waals surface area contributed by atoms with E-state index >= 15 is 0 Å². The summed E-state index contributed by atoms with van der Waals surface area (Å²) in [5.41, 5.74) is 3.13. The van der Waals surface area contributed by atoms with Crippen LogP contribution >= 0.6 is 11.6 Å². The summed E-state index contributed by atoms with van der Waals surface area (Å²) in [5.74, 6) is 0.826. The Morgan fingerprint density at radius 3 is 2.64 bits per heavy atom. The summed E-state index contributed by atoms with van der Waals surface area (Å²) in [5, 5.41) is 1.88. The number of fused-ring (bicyclic) bond motifs is 1. The first-order valence-electron chi connectivity index (χ1n) is 7.20. The molecule has 1 atom stereocenters. The topological polar surface area (TPSA) is 34.2 Å². The lowest BCUT2D eigenvalue weighted by molar-refractivity contribution is 0.0921. The second kappa shape index (κ2) is 6.42. The first-order valence-corrected chi connectivity index (χ1v) is 7.58. The molecular formula is C18H18ClNO2. The van der Waals surface area contributed by atoms with Gasteiger partial charge in [-0.1, -0.05) is 23.7 Å². The van der Waals surface area contributed by atoms with Crippen LogP contribution in [0, 0.1) is 0 Å². The zero-order valence-electron chi connectivity index (χ0n) is 12.6. The molecule has 0 saturated heterocycles. The molecule has 0 radical (unpaired) electrons. The Morgan fingerprint density at radius 2 is 1.91 bits per heavy atom. The molecule has 0 bridgehead atoms. The average molecular weight is 316 g/mol. The Labute approximate surface area is 134 Å². The molecule has 1 aromatic heterocycles. The van der Waals surface area contributed by atoms with E-state index in [4.69, 9.17) is 21.1 Å². The third-order valence-corrected chi connectivity index (χ3v) is 3.86. The lowest BCUT2D eigenvalue weighted by Crippen LogP contribution is -2.17. The number of ether oxygens (including phenoxy) is 2. The van der Waals surface area contributed by atoms with E-state index in [2.05, 4.69) is 11.1 Å². The van der Waals surface area contributed by atoms with E-state index in [9.17, 15) is 0 Å². The summed E-state index contributed by atoms with van der Waals surface area (Å²) >= 11 is 6.39. The predicted molar refractivity (Wildman–Crippen MR) is 90.7 cm³/mol. The summed E-state index contributed by atoms with van der Waals surface area (Å²) in [7, 11) is 1.67. The van der Waals surface area contributed by atoms with Crippen LogP contribution in [0.1, 0.15) is 6.92 Å². The number of benzene rings is 2. The van der Waals surface area contributed by atoms with Gasteiger partial charge in [0.25, 0.3) is 0 Å². The fourth-order valence-corrected chi connectivity index (χ4v) is 2.78. The van der Waals surface area contributed by atoms with Crippen LogP contribution in [0.15, 0.2) is 48.7 Å². The monoisotopic (exact) mass is 315 g/mol. The van der Waals surface area contributed by atoms with Crippen molar-refractivity contribution in [2.24, 2.45) is 0 Å². The standard InChI is InChI=1S/C18H18ClNO2/c1-12(11-21-2)22-15-5-3-13(4-6-15)16-9-14-7-8-20-18(14)10-17(16)19/h3-10,12,20H,11H2,1-2H3/t12-/m1/s1. The Hall–Kier alpha value is -1.97. The number of aromatic nitrogens is 1. The quantitative estimate of drug-likeness (QED) is 0.726. The molecule has 2 aromatic carbocycles. The molecule has 0 aliphatic carbocycles. The highest BCUT2D eigenvalue weighted by Crippen LogP contribution is 2.32. The van der Waals surface area contributed by atoms with Crippen molar-refractivity contribution in [3.05, 3.63) is 53.7 Å². The van der Waals surface area contributed by atoms with Gasteiger partial charge in [0.15, 0.2) is 0 Å². The van der Waals surface area contributed by atoms with Gasteiger partial charge in [-0.2, -0.15) is 0 Å². The number of nitrogens with one attached hydrogen (secondary N) is 1. The van der Waals surface area contributed by atoms with Crippen molar-refractivity contribution in [1.82, 2.24) is 4.98 Å². The van der Waals surface area contributed by atoms with Gasteiger partial charge in [-0.3, -0.25) is 0 Å². The molecule has 1 N–H and O–H groups in total. The fourth-order valence-electron chi connectivity index (χ4n) is 2.51. The number of rotatable bonds is 5. The van der Waals surface area contributed by atoms with E-state index in [0.717, 1.165) is 32.8 Å². The zero-order chi connectivity index (χ0) is 15.5. The Bertz CT molecular complexity index is 764. The Balaban J connectivity index is 1.86. The fraction of sp³-hybridized carbons (Fsp3) is 0.222. The molecule has 114 valence electrons. The summed E-state index contributed by atoms with van der Waals surface area (Å²) in [6.45, 7) is 2.55. The minimum absolute atomic E-state index is 0.0237. The lowest BCUT2D eigenvalue weighted by atomic mass is 10.0. The van der Waals surface area contributed by atoms with Crippen molar-refractivity contribution < 1.29 is 9.47 Å². The SMILES string of the molecule is COC[C@@H](C)Oc1ccc(-c2cc3cc[nH]c3cc2Cl)cc1. The maximum atomic E-state index is 6.39. The molecule has 3 nitrogen and oxygen atoms in total. The van der Waals surface area contributed by atoms with E-state index in [1.165, 1.54) is 0 Å². The highest BCUT2D eigenvalue weighted by atomic mass is 35.5. The van der Waals surface area contributed by atoms with Crippen molar-refractivity contribution in [2.45, 2.75) is 13.0 Å². The van der Waals surface area contributed by atoms with Crippen LogP contribution in [0.3, 0.4) is 0 Å². The van der Waals surface area contributed by atoms with Crippen LogP contribution in [0.25, 0.3) is 22.0 Å². The Kier molecular flexibility index (Phi) is 4.36. The normalized spacial score (nSPS) is 12.5. The van der Waals surface area contributed by atoms with Crippen molar-refractivity contribution >= 4 is 22.5 Å². The molecule has 22 heavy (non-hydrogen) atoms. The van der Waals surface area contributed by atoms with Crippen molar-refractivity contribution in [3.8, 4) is 16.9 Å². The van der Waals surface area contributed by atoms with Gasteiger partial charge in [0.05, 0.1) is 11.6 Å². The summed E-state index contributed by atoms with van der Waals surface area (Å²) in [6, 6.07) is 14.1. The highest BCUT2D eigenvalue weighted by Gasteiger charge is 2.08. The number of aromatic amines is 1. The van der Waals surface area contributed by atoms with E-state index < -0.39 is 0 Å². The first kappa shape index (κ1) is 14.9. The summed E-state index contributed by atoms with van der Waals surface area (Å²) in [6.07, 6.45) is 1.94. The summed E-state index contributed by atoms with van der Waals surface area (Å²) in [4.78, 5) is 3.17. The molecule has 0 spiro atoms. The lowest BCUT2D eigenvalue weighted by Gasteiger charge is -2.14. The number of hydrogen-bond donors (Lipinski definition) is 1.